The van der Waals surface area contributed by atoms with Crippen LogP contribution >= 0.6 is 23.2 Å². The highest BCUT2D eigenvalue weighted by Crippen LogP contribution is 2.24. The minimum absolute atomic E-state index is 0.0224. The molecule has 144 valence electrons. The summed E-state index contributed by atoms with van der Waals surface area (Å²) in [6.45, 7) is 1.30. The van der Waals surface area contributed by atoms with Gasteiger partial charge in [-0.3, -0.25) is 4.79 Å². The molecule has 1 amide bonds. The number of carbonyl (C=O) groups is 2. The first-order chi connectivity index (χ1) is 12.5. The van der Waals surface area contributed by atoms with Gasteiger partial charge in [-0.05, 0) is 43.3 Å². The average Bonchev–Trinajstić information content (AvgIpc) is 2.56. The van der Waals surface area contributed by atoms with Crippen molar-refractivity contribution in [1.82, 2.24) is 0 Å². The van der Waals surface area contributed by atoms with Crippen LogP contribution < -0.4 is 5.32 Å². The van der Waals surface area contributed by atoms with E-state index in [4.69, 9.17) is 27.9 Å². The molecule has 1 atom stereocenters. The van der Waals surface area contributed by atoms with Crippen molar-refractivity contribution in [3.05, 3.63) is 57.8 Å². The summed E-state index contributed by atoms with van der Waals surface area (Å²) < 4.78 is 41.3. The third-order valence-electron chi connectivity index (χ3n) is 3.43. The molecule has 0 bridgehead atoms. The predicted octanol–water partition coefficient (Wildman–Crippen LogP) is 3.72. The molecule has 0 spiro atoms. The first kappa shape index (κ1) is 21.1. The lowest BCUT2D eigenvalue weighted by Crippen LogP contribution is -2.30. The van der Waals surface area contributed by atoms with Crippen LogP contribution in [0.25, 0.3) is 0 Å². The Morgan fingerprint density at radius 2 is 1.78 bits per heavy atom. The summed E-state index contributed by atoms with van der Waals surface area (Å²) in [5.74, 6) is -2.26. The highest BCUT2D eigenvalue weighted by atomic mass is 35.5. The first-order valence-electron chi connectivity index (χ1n) is 7.45. The molecule has 0 aliphatic carbocycles. The van der Waals surface area contributed by atoms with Crippen LogP contribution in [-0.2, 0) is 19.4 Å². The number of nitrogens with one attached hydrogen (secondary N) is 1. The number of benzene rings is 2. The molecule has 0 aromatic heterocycles. The van der Waals surface area contributed by atoms with Crippen LogP contribution in [0.2, 0.25) is 10.0 Å². The van der Waals surface area contributed by atoms with Crippen LogP contribution in [0.15, 0.2) is 41.3 Å². The number of ether oxygens (including phenoxy) is 1. The first-order valence-corrected chi connectivity index (χ1v) is 10.1. The van der Waals surface area contributed by atoms with E-state index in [1.807, 2.05) is 0 Å². The van der Waals surface area contributed by atoms with E-state index in [9.17, 15) is 22.4 Å². The van der Waals surface area contributed by atoms with Crippen molar-refractivity contribution in [3.63, 3.8) is 0 Å². The number of sulfone groups is 1. The van der Waals surface area contributed by atoms with Gasteiger partial charge in [-0.1, -0.05) is 23.2 Å². The maximum Gasteiger partial charge on any atom is 0.340 e. The van der Waals surface area contributed by atoms with Crippen molar-refractivity contribution in [3.8, 4) is 0 Å². The van der Waals surface area contributed by atoms with E-state index in [1.54, 1.807) is 0 Å². The molecule has 2 rings (SSSR count). The molecule has 0 heterocycles. The topological polar surface area (TPSA) is 89.5 Å². The van der Waals surface area contributed by atoms with Crippen molar-refractivity contribution >= 4 is 50.6 Å². The molecule has 0 aliphatic rings. The molecular weight excluding hydrogens is 420 g/mol. The molecule has 2 aromatic carbocycles. The zero-order valence-corrected chi connectivity index (χ0v) is 16.5. The van der Waals surface area contributed by atoms with E-state index in [0.717, 1.165) is 24.5 Å². The van der Waals surface area contributed by atoms with Gasteiger partial charge in [0.2, 0.25) is 0 Å². The SMILES string of the molecule is CC(OC(=O)c1cc(S(C)(=O)=O)ccc1Cl)C(=O)Nc1ccc(F)cc1Cl. The van der Waals surface area contributed by atoms with Gasteiger partial charge in [0.05, 0.1) is 26.2 Å². The summed E-state index contributed by atoms with van der Waals surface area (Å²) in [4.78, 5) is 24.3. The Balaban J connectivity index is 2.14. The molecule has 1 N–H and O–H groups in total. The van der Waals surface area contributed by atoms with Crippen LogP contribution in [0.5, 0.6) is 0 Å². The molecule has 0 saturated carbocycles. The quantitative estimate of drug-likeness (QED) is 0.725. The maximum atomic E-state index is 13.0. The number of hydrogen-bond acceptors (Lipinski definition) is 5. The minimum Gasteiger partial charge on any atom is -0.449 e. The summed E-state index contributed by atoms with van der Waals surface area (Å²) in [5.41, 5.74) is -0.0536. The third-order valence-corrected chi connectivity index (χ3v) is 5.18. The lowest BCUT2D eigenvalue weighted by atomic mass is 10.2. The highest BCUT2D eigenvalue weighted by Gasteiger charge is 2.23. The number of hydrogen-bond donors (Lipinski definition) is 1. The van der Waals surface area contributed by atoms with Gasteiger partial charge in [-0.15, -0.1) is 0 Å². The highest BCUT2D eigenvalue weighted by molar-refractivity contribution is 7.90. The summed E-state index contributed by atoms with van der Waals surface area (Å²) in [6, 6.07) is 6.95. The van der Waals surface area contributed by atoms with Crippen LogP contribution in [0.3, 0.4) is 0 Å². The summed E-state index contributed by atoms with van der Waals surface area (Å²) in [5, 5.41) is 2.35. The summed E-state index contributed by atoms with van der Waals surface area (Å²) in [7, 11) is -3.56. The van der Waals surface area contributed by atoms with Gasteiger partial charge in [0.25, 0.3) is 5.91 Å². The number of carbonyl (C=O) groups excluding carboxylic acids is 2. The Morgan fingerprint density at radius 1 is 1.11 bits per heavy atom. The average molecular weight is 434 g/mol. The van der Waals surface area contributed by atoms with Crippen LogP contribution in [0.1, 0.15) is 17.3 Å². The Hall–Kier alpha value is -2.16. The Morgan fingerprint density at radius 3 is 2.37 bits per heavy atom. The largest absolute Gasteiger partial charge is 0.449 e. The molecule has 0 saturated heterocycles. The van der Waals surface area contributed by atoms with Gasteiger partial charge < -0.3 is 10.1 Å². The second-order valence-electron chi connectivity index (χ2n) is 5.57. The van der Waals surface area contributed by atoms with E-state index >= 15 is 0 Å². The third kappa shape index (κ3) is 5.41. The second kappa shape index (κ2) is 8.24. The Labute approximate surface area is 165 Å². The number of amides is 1. The van der Waals surface area contributed by atoms with Crippen LogP contribution in [0, 0.1) is 5.82 Å². The molecule has 27 heavy (non-hydrogen) atoms. The molecule has 6 nitrogen and oxygen atoms in total. The number of anilines is 1. The molecule has 1 unspecified atom stereocenters. The van der Waals surface area contributed by atoms with E-state index in [1.165, 1.54) is 25.1 Å². The number of halogens is 3. The molecule has 10 heteroatoms. The molecule has 0 aliphatic heterocycles. The van der Waals surface area contributed by atoms with Gasteiger partial charge in [0, 0.05) is 6.26 Å². The lowest BCUT2D eigenvalue weighted by Gasteiger charge is -2.15. The number of rotatable bonds is 5. The van der Waals surface area contributed by atoms with Crippen molar-refractivity contribution < 1.29 is 27.1 Å². The summed E-state index contributed by atoms with van der Waals surface area (Å²) >= 11 is 11.7. The smallest absolute Gasteiger partial charge is 0.340 e. The maximum absolute atomic E-state index is 13.0. The molecule has 0 fully saturated rings. The van der Waals surface area contributed by atoms with E-state index in [2.05, 4.69) is 5.32 Å². The van der Waals surface area contributed by atoms with E-state index in [0.29, 0.717) is 0 Å². The van der Waals surface area contributed by atoms with Crippen molar-refractivity contribution in [2.24, 2.45) is 0 Å². The van der Waals surface area contributed by atoms with Crippen molar-refractivity contribution in [1.29, 1.82) is 0 Å². The van der Waals surface area contributed by atoms with Gasteiger partial charge in [0.15, 0.2) is 15.9 Å². The number of esters is 1. The van der Waals surface area contributed by atoms with E-state index < -0.39 is 33.6 Å². The normalized spacial score (nSPS) is 12.3. The second-order valence-corrected chi connectivity index (χ2v) is 8.40. The fourth-order valence-corrected chi connectivity index (χ4v) is 3.05. The van der Waals surface area contributed by atoms with Gasteiger partial charge in [-0.2, -0.15) is 0 Å². The van der Waals surface area contributed by atoms with Crippen LogP contribution in [0.4, 0.5) is 10.1 Å². The Bertz CT molecular complexity index is 1010. The minimum atomic E-state index is -3.56. The van der Waals surface area contributed by atoms with E-state index in [-0.39, 0.29) is 26.2 Å². The zero-order chi connectivity index (χ0) is 20.4. The van der Waals surface area contributed by atoms with Crippen molar-refractivity contribution in [2.45, 2.75) is 17.9 Å². The van der Waals surface area contributed by atoms with Crippen molar-refractivity contribution in [2.75, 3.05) is 11.6 Å². The standard InChI is InChI=1S/C17H14Cl2FNO5S/c1-9(16(22)21-15-6-3-10(20)7-14(15)19)26-17(23)12-8-11(27(2,24)25)4-5-13(12)18/h3-9H,1-2H3,(H,21,22). The molecule has 0 radical (unpaired) electrons. The molecular formula is C17H14Cl2FNO5S. The summed E-state index contributed by atoms with van der Waals surface area (Å²) in [6.07, 6.45) is -0.273. The van der Waals surface area contributed by atoms with Crippen LogP contribution in [-0.4, -0.2) is 32.7 Å². The van der Waals surface area contributed by atoms with Gasteiger partial charge in [0.1, 0.15) is 5.82 Å². The zero-order valence-electron chi connectivity index (χ0n) is 14.1. The lowest BCUT2D eigenvalue weighted by molar-refractivity contribution is -0.123. The Kier molecular flexibility index (Phi) is 6.46. The fourth-order valence-electron chi connectivity index (χ4n) is 1.99. The van der Waals surface area contributed by atoms with Gasteiger partial charge >= 0.3 is 5.97 Å². The molecule has 2 aromatic rings. The predicted molar refractivity (Wildman–Crippen MR) is 99.5 cm³/mol. The fraction of sp³-hybridized carbons (Fsp3) is 0.176. The van der Waals surface area contributed by atoms with Gasteiger partial charge in [-0.25, -0.2) is 17.6 Å². The monoisotopic (exact) mass is 433 g/mol.